The number of halogens is 1. The minimum Gasteiger partial charge on any atom is -0.356 e. The number of amides is 1. The molecule has 1 amide bonds. The third-order valence-electron chi connectivity index (χ3n) is 3.13. The van der Waals surface area contributed by atoms with Gasteiger partial charge in [0.1, 0.15) is 0 Å². The Morgan fingerprint density at radius 3 is 2.78 bits per heavy atom. The molecule has 100 valence electrons. The number of carbonyl (C=O) groups is 1. The molecule has 1 aromatic rings. The number of hydrogen-bond acceptors (Lipinski definition) is 1. The van der Waals surface area contributed by atoms with Gasteiger partial charge in [0.05, 0.1) is 0 Å². The first-order chi connectivity index (χ1) is 8.63. The lowest BCUT2D eigenvalue weighted by molar-refractivity contribution is -0.121. The predicted molar refractivity (Wildman–Crippen MR) is 80.1 cm³/mol. The molecule has 0 aliphatic carbocycles. The molecular formula is C15H22BrNO. The molecule has 0 aliphatic rings. The first kappa shape index (κ1) is 15.2. The minimum atomic E-state index is 0.152. The van der Waals surface area contributed by atoms with Gasteiger partial charge in [-0.25, -0.2) is 0 Å². The zero-order valence-electron chi connectivity index (χ0n) is 11.2. The summed E-state index contributed by atoms with van der Waals surface area (Å²) in [5.41, 5.74) is 2.53. The monoisotopic (exact) mass is 311 g/mol. The van der Waals surface area contributed by atoms with Crippen molar-refractivity contribution >= 4 is 21.8 Å². The van der Waals surface area contributed by atoms with Crippen molar-refractivity contribution in [1.82, 2.24) is 5.32 Å². The van der Waals surface area contributed by atoms with Gasteiger partial charge in [-0.15, -0.1) is 0 Å². The Labute approximate surface area is 118 Å². The van der Waals surface area contributed by atoms with Gasteiger partial charge in [0.2, 0.25) is 5.91 Å². The van der Waals surface area contributed by atoms with Crippen LogP contribution in [0.1, 0.15) is 30.9 Å². The highest BCUT2D eigenvalue weighted by atomic mass is 79.9. The summed E-state index contributed by atoms with van der Waals surface area (Å²) < 4.78 is 0. The lowest BCUT2D eigenvalue weighted by Crippen LogP contribution is -2.28. The van der Waals surface area contributed by atoms with Gasteiger partial charge < -0.3 is 5.32 Å². The summed E-state index contributed by atoms with van der Waals surface area (Å²) in [6.45, 7) is 5.02. The van der Waals surface area contributed by atoms with Crippen LogP contribution in [0, 0.1) is 12.8 Å². The van der Waals surface area contributed by atoms with E-state index in [1.165, 1.54) is 11.1 Å². The highest BCUT2D eigenvalue weighted by Crippen LogP contribution is 2.09. The molecule has 1 rings (SSSR count). The molecule has 0 heterocycles. The van der Waals surface area contributed by atoms with Crippen LogP contribution in [0.2, 0.25) is 0 Å². The molecule has 0 spiro atoms. The van der Waals surface area contributed by atoms with Crippen LogP contribution in [0.4, 0.5) is 0 Å². The Morgan fingerprint density at radius 2 is 2.11 bits per heavy atom. The van der Waals surface area contributed by atoms with Crippen LogP contribution in [0.5, 0.6) is 0 Å². The fourth-order valence-corrected chi connectivity index (χ4v) is 2.59. The molecule has 0 bridgehead atoms. The van der Waals surface area contributed by atoms with Gasteiger partial charge in [-0.2, -0.15) is 0 Å². The number of rotatable bonds is 7. The van der Waals surface area contributed by atoms with Gasteiger partial charge in [0.25, 0.3) is 0 Å². The largest absolute Gasteiger partial charge is 0.356 e. The SMILES string of the molecule is Cc1ccccc1CCC(=O)NCC(C)CCBr. The van der Waals surface area contributed by atoms with Crippen LogP contribution in [-0.2, 0) is 11.2 Å². The molecule has 1 N–H and O–H groups in total. The number of aryl methyl sites for hydroxylation is 2. The van der Waals surface area contributed by atoms with Crippen molar-refractivity contribution in [1.29, 1.82) is 0 Å². The van der Waals surface area contributed by atoms with Crippen molar-refractivity contribution in [3.8, 4) is 0 Å². The van der Waals surface area contributed by atoms with Crippen molar-refractivity contribution in [2.75, 3.05) is 11.9 Å². The second-order valence-corrected chi connectivity index (χ2v) is 5.61. The third-order valence-corrected chi connectivity index (χ3v) is 3.59. The Balaban J connectivity index is 2.27. The first-order valence-corrected chi connectivity index (χ1v) is 7.62. The number of nitrogens with one attached hydrogen (secondary N) is 1. The lowest BCUT2D eigenvalue weighted by Gasteiger charge is -2.11. The minimum absolute atomic E-state index is 0.152. The Hall–Kier alpha value is -0.830. The van der Waals surface area contributed by atoms with Crippen molar-refractivity contribution in [2.24, 2.45) is 5.92 Å². The zero-order valence-corrected chi connectivity index (χ0v) is 12.8. The van der Waals surface area contributed by atoms with E-state index < -0.39 is 0 Å². The van der Waals surface area contributed by atoms with Crippen LogP contribution in [0.3, 0.4) is 0 Å². The maximum absolute atomic E-state index is 11.7. The van der Waals surface area contributed by atoms with E-state index in [0.717, 1.165) is 24.7 Å². The Kier molecular flexibility index (Phi) is 7.02. The van der Waals surface area contributed by atoms with E-state index in [0.29, 0.717) is 12.3 Å². The maximum Gasteiger partial charge on any atom is 0.220 e. The summed E-state index contributed by atoms with van der Waals surface area (Å²) in [7, 11) is 0. The topological polar surface area (TPSA) is 29.1 Å². The summed E-state index contributed by atoms with van der Waals surface area (Å²) in [6.07, 6.45) is 2.50. The Morgan fingerprint density at radius 1 is 1.39 bits per heavy atom. The van der Waals surface area contributed by atoms with Crippen LogP contribution < -0.4 is 5.32 Å². The van der Waals surface area contributed by atoms with E-state index in [9.17, 15) is 4.79 Å². The molecule has 1 aromatic carbocycles. The molecule has 1 atom stereocenters. The smallest absolute Gasteiger partial charge is 0.220 e. The van der Waals surface area contributed by atoms with E-state index in [2.05, 4.69) is 47.2 Å². The van der Waals surface area contributed by atoms with E-state index in [1.807, 2.05) is 12.1 Å². The molecule has 2 nitrogen and oxygen atoms in total. The van der Waals surface area contributed by atoms with Gasteiger partial charge in [-0.3, -0.25) is 4.79 Å². The van der Waals surface area contributed by atoms with E-state index in [-0.39, 0.29) is 5.91 Å². The predicted octanol–water partition coefficient (Wildman–Crippen LogP) is 3.46. The molecule has 18 heavy (non-hydrogen) atoms. The fourth-order valence-electron chi connectivity index (χ4n) is 1.80. The summed E-state index contributed by atoms with van der Waals surface area (Å²) in [6, 6.07) is 8.24. The summed E-state index contributed by atoms with van der Waals surface area (Å²) in [5.74, 6) is 0.687. The second kappa shape index (κ2) is 8.30. The molecular weight excluding hydrogens is 290 g/mol. The van der Waals surface area contributed by atoms with Crippen molar-refractivity contribution in [2.45, 2.75) is 33.1 Å². The van der Waals surface area contributed by atoms with Gasteiger partial charge in [0, 0.05) is 18.3 Å². The second-order valence-electron chi connectivity index (χ2n) is 4.81. The van der Waals surface area contributed by atoms with Crippen LogP contribution in [0.25, 0.3) is 0 Å². The highest BCUT2D eigenvalue weighted by Gasteiger charge is 2.06. The molecule has 0 fully saturated rings. The molecule has 0 aliphatic heterocycles. The third kappa shape index (κ3) is 5.67. The Bertz CT molecular complexity index is 379. The van der Waals surface area contributed by atoms with Gasteiger partial charge in [-0.1, -0.05) is 47.1 Å². The van der Waals surface area contributed by atoms with Crippen molar-refractivity contribution in [3.63, 3.8) is 0 Å². The number of alkyl halides is 1. The summed E-state index contributed by atoms with van der Waals surface area (Å²) >= 11 is 3.41. The standard InChI is InChI=1S/C15H22BrNO/c1-12(9-10-16)11-17-15(18)8-7-14-6-4-3-5-13(14)2/h3-6,12H,7-11H2,1-2H3,(H,17,18). The summed E-state index contributed by atoms with van der Waals surface area (Å²) in [5, 5.41) is 3.99. The van der Waals surface area contributed by atoms with Crippen LogP contribution >= 0.6 is 15.9 Å². The number of carbonyl (C=O) groups excluding carboxylic acids is 1. The lowest BCUT2D eigenvalue weighted by atomic mass is 10.0. The van der Waals surface area contributed by atoms with E-state index in [1.54, 1.807) is 0 Å². The van der Waals surface area contributed by atoms with Crippen molar-refractivity contribution < 1.29 is 4.79 Å². The summed E-state index contributed by atoms with van der Waals surface area (Å²) in [4.78, 5) is 11.7. The van der Waals surface area contributed by atoms with Gasteiger partial charge in [0.15, 0.2) is 0 Å². The molecule has 0 radical (unpaired) electrons. The molecule has 3 heteroatoms. The highest BCUT2D eigenvalue weighted by molar-refractivity contribution is 9.09. The van der Waals surface area contributed by atoms with Crippen molar-refractivity contribution in [3.05, 3.63) is 35.4 Å². The maximum atomic E-state index is 11.7. The number of hydrogen-bond donors (Lipinski definition) is 1. The van der Waals surface area contributed by atoms with Crippen LogP contribution in [-0.4, -0.2) is 17.8 Å². The average Bonchev–Trinajstić information content (AvgIpc) is 2.36. The zero-order chi connectivity index (χ0) is 13.4. The fraction of sp³-hybridized carbons (Fsp3) is 0.533. The molecule has 0 aromatic heterocycles. The molecule has 1 unspecified atom stereocenters. The van der Waals surface area contributed by atoms with Gasteiger partial charge >= 0.3 is 0 Å². The normalized spacial score (nSPS) is 12.2. The van der Waals surface area contributed by atoms with E-state index >= 15 is 0 Å². The number of benzene rings is 1. The quantitative estimate of drug-likeness (QED) is 0.768. The van der Waals surface area contributed by atoms with E-state index in [4.69, 9.17) is 0 Å². The average molecular weight is 312 g/mol. The van der Waals surface area contributed by atoms with Gasteiger partial charge in [-0.05, 0) is 36.8 Å². The van der Waals surface area contributed by atoms with Crippen LogP contribution in [0.15, 0.2) is 24.3 Å². The molecule has 0 saturated heterocycles. The first-order valence-electron chi connectivity index (χ1n) is 6.50. The molecule has 0 saturated carbocycles.